The van der Waals surface area contributed by atoms with Gasteiger partial charge in [0.05, 0.1) is 13.4 Å². The molecule has 0 unspecified atom stereocenters. The molecule has 1 atom stereocenters. The van der Waals surface area contributed by atoms with E-state index >= 15 is 0 Å². The van der Waals surface area contributed by atoms with E-state index in [0.29, 0.717) is 12.8 Å². The average Bonchev–Trinajstić information content (AvgIpc) is 3.01. The molecule has 27 heavy (non-hydrogen) atoms. The highest BCUT2D eigenvalue weighted by atomic mass is 16.6. The van der Waals surface area contributed by atoms with Crippen LogP contribution in [0.3, 0.4) is 0 Å². The van der Waals surface area contributed by atoms with Crippen molar-refractivity contribution in [3.8, 4) is 0 Å². The predicted molar refractivity (Wildman–Crippen MR) is 100 cm³/mol. The summed E-state index contributed by atoms with van der Waals surface area (Å²) >= 11 is 0. The van der Waals surface area contributed by atoms with Gasteiger partial charge in [0, 0.05) is 6.20 Å². The van der Waals surface area contributed by atoms with E-state index in [9.17, 15) is 14.4 Å². The van der Waals surface area contributed by atoms with Gasteiger partial charge in [0.25, 0.3) is 0 Å². The molecule has 1 aromatic heterocycles. The van der Waals surface area contributed by atoms with Crippen molar-refractivity contribution in [3.63, 3.8) is 0 Å². The normalized spacial score (nSPS) is 12.9. The molecule has 2 N–H and O–H groups in total. The molecule has 0 saturated carbocycles. The van der Waals surface area contributed by atoms with Gasteiger partial charge in [-0.05, 0) is 41.0 Å². The number of alkyl carbamates (subject to hydrolysis) is 1. The number of carbonyl (C=O) groups excluding carboxylic acids is 3. The van der Waals surface area contributed by atoms with E-state index in [1.54, 1.807) is 39.2 Å². The van der Waals surface area contributed by atoms with Crippen molar-refractivity contribution >= 4 is 23.8 Å². The van der Waals surface area contributed by atoms with Gasteiger partial charge >= 0.3 is 12.1 Å². The molecule has 0 aromatic carbocycles. The Kier molecular flexibility index (Phi) is 7.38. The van der Waals surface area contributed by atoms with Crippen molar-refractivity contribution in [2.45, 2.75) is 71.6 Å². The lowest BCUT2D eigenvalue weighted by molar-refractivity contribution is -0.149. The molecular weight excluding hydrogens is 352 g/mol. The van der Waals surface area contributed by atoms with Crippen molar-refractivity contribution in [3.05, 3.63) is 12.5 Å². The van der Waals surface area contributed by atoms with Crippen LogP contribution in [0.2, 0.25) is 0 Å². The second-order valence-electron chi connectivity index (χ2n) is 7.69. The number of hydrogen-bond acceptors (Lipinski definition) is 6. The van der Waals surface area contributed by atoms with Crippen molar-refractivity contribution in [1.82, 2.24) is 14.9 Å². The number of aromatic nitrogens is 2. The minimum Gasteiger partial charge on any atom is -0.467 e. The molecule has 0 aliphatic rings. The maximum Gasteiger partial charge on any atom is 0.408 e. The zero-order chi connectivity index (χ0) is 20.8. The quantitative estimate of drug-likeness (QED) is 0.701. The molecule has 152 valence electrons. The summed E-state index contributed by atoms with van der Waals surface area (Å²) in [6.07, 6.45) is 3.44. The van der Waals surface area contributed by atoms with Gasteiger partial charge in [-0.1, -0.05) is 13.3 Å². The smallest absolute Gasteiger partial charge is 0.408 e. The first-order valence-electron chi connectivity index (χ1n) is 8.84. The Hall–Kier alpha value is -2.58. The number of ether oxygens (including phenoxy) is 2. The Labute approximate surface area is 159 Å². The number of amides is 2. The van der Waals surface area contributed by atoms with Crippen LogP contribution in [0.4, 0.5) is 10.6 Å². The number of nitrogens with zero attached hydrogens (tertiary/aromatic N) is 2. The van der Waals surface area contributed by atoms with E-state index in [2.05, 4.69) is 15.6 Å². The molecule has 0 spiro atoms. The Balaban J connectivity index is 2.82. The van der Waals surface area contributed by atoms with E-state index in [0.717, 1.165) is 0 Å². The highest BCUT2D eigenvalue weighted by Gasteiger charge is 2.31. The second kappa shape index (κ2) is 8.88. The van der Waals surface area contributed by atoms with Crippen LogP contribution in [0.15, 0.2) is 12.5 Å². The fourth-order valence-corrected chi connectivity index (χ4v) is 2.27. The highest BCUT2D eigenvalue weighted by molar-refractivity contribution is 5.95. The van der Waals surface area contributed by atoms with Crippen LogP contribution in [-0.2, 0) is 24.6 Å². The van der Waals surface area contributed by atoms with Gasteiger partial charge in [-0.25, -0.2) is 14.6 Å². The van der Waals surface area contributed by atoms with Crippen LogP contribution in [0, 0.1) is 0 Å². The summed E-state index contributed by atoms with van der Waals surface area (Å²) in [5.41, 5.74) is -1.63. The summed E-state index contributed by atoms with van der Waals surface area (Å²) in [6.45, 7) is 10.5. The first kappa shape index (κ1) is 22.5. The number of esters is 1. The molecule has 1 aromatic rings. The third-order valence-corrected chi connectivity index (χ3v) is 3.75. The lowest BCUT2D eigenvalue weighted by atomic mass is 10.1. The van der Waals surface area contributed by atoms with Gasteiger partial charge in [0.1, 0.15) is 17.2 Å². The van der Waals surface area contributed by atoms with Crippen LogP contribution in [-0.4, -0.2) is 46.3 Å². The molecule has 1 heterocycles. The van der Waals surface area contributed by atoms with Crippen LogP contribution >= 0.6 is 0 Å². The predicted octanol–water partition coefficient (Wildman–Crippen LogP) is 2.42. The zero-order valence-electron chi connectivity index (χ0n) is 17.1. The molecule has 0 bridgehead atoms. The molecule has 0 aliphatic carbocycles. The third-order valence-electron chi connectivity index (χ3n) is 3.75. The summed E-state index contributed by atoms with van der Waals surface area (Å²) in [6, 6.07) is -0.761. The van der Waals surface area contributed by atoms with Crippen molar-refractivity contribution < 1.29 is 23.9 Å². The standard InChI is InChI=1S/C18H30N4O5/c1-8-9-12(20-16(25)27-17(2,3)4)14(23)21-13-10-22(11-19-13)18(5,6)15(24)26-7/h10-12H,8-9H2,1-7H3,(H,20,25)(H,21,23)/t12-/m1/s1. The number of nitrogens with one attached hydrogen (secondary N) is 2. The zero-order valence-corrected chi connectivity index (χ0v) is 17.1. The summed E-state index contributed by atoms with van der Waals surface area (Å²) < 4.78 is 11.5. The van der Waals surface area contributed by atoms with Gasteiger partial charge in [0.15, 0.2) is 5.82 Å². The number of anilines is 1. The van der Waals surface area contributed by atoms with Crippen LogP contribution in [0.25, 0.3) is 0 Å². The maximum absolute atomic E-state index is 12.5. The largest absolute Gasteiger partial charge is 0.467 e. The molecule has 9 heteroatoms. The second-order valence-corrected chi connectivity index (χ2v) is 7.69. The summed E-state index contributed by atoms with van der Waals surface area (Å²) in [4.78, 5) is 40.5. The molecular formula is C18H30N4O5. The first-order valence-corrected chi connectivity index (χ1v) is 8.84. The third kappa shape index (κ3) is 6.58. The molecule has 9 nitrogen and oxygen atoms in total. The van der Waals surface area contributed by atoms with Crippen LogP contribution in [0.5, 0.6) is 0 Å². The van der Waals surface area contributed by atoms with E-state index < -0.39 is 35.2 Å². The highest BCUT2D eigenvalue weighted by Crippen LogP contribution is 2.19. The van der Waals surface area contributed by atoms with E-state index in [4.69, 9.17) is 9.47 Å². The monoisotopic (exact) mass is 382 g/mol. The first-order chi connectivity index (χ1) is 12.4. The lowest BCUT2D eigenvalue weighted by Crippen LogP contribution is -2.45. The molecule has 2 amide bonds. The summed E-state index contributed by atoms with van der Waals surface area (Å²) in [7, 11) is 1.31. The van der Waals surface area contributed by atoms with Crippen LogP contribution in [0.1, 0.15) is 54.4 Å². The number of methoxy groups -OCH3 is 1. The van der Waals surface area contributed by atoms with E-state index in [1.165, 1.54) is 19.6 Å². The summed E-state index contributed by atoms with van der Waals surface area (Å²) in [5, 5.41) is 5.23. The number of imidazole rings is 1. The molecule has 1 rings (SSSR count). The molecule has 0 aliphatic heterocycles. The fraction of sp³-hybridized carbons (Fsp3) is 0.667. The van der Waals surface area contributed by atoms with Gasteiger partial charge in [-0.2, -0.15) is 0 Å². The Morgan fingerprint density at radius 3 is 2.37 bits per heavy atom. The Morgan fingerprint density at radius 1 is 1.22 bits per heavy atom. The van der Waals surface area contributed by atoms with E-state index in [1.807, 2.05) is 6.92 Å². The van der Waals surface area contributed by atoms with Gasteiger partial charge in [-0.3, -0.25) is 4.79 Å². The SMILES string of the molecule is CCC[C@@H](NC(=O)OC(C)(C)C)C(=O)Nc1cn(C(C)(C)C(=O)OC)cn1. The molecule has 0 fully saturated rings. The fourth-order valence-electron chi connectivity index (χ4n) is 2.27. The number of hydrogen-bond donors (Lipinski definition) is 2. The summed E-state index contributed by atoms with van der Waals surface area (Å²) in [5.74, 6) is -0.582. The number of rotatable bonds is 7. The minimum absolute atomic E-state index is 0.268. The van der Waals surface area contributed by atoms with Gasteiger partial charge in [-0.15, -0.1) is 0 Å². The minimum atomic E-state index is -0.970. The molecule has 0 radical (unpaired) electrons. The van der Waals surface area contributed by atoms with Crippen molar-refractivity contribution in [2.24, 2.45) is 0 Å². The van der Waals surface area contributed by atoms with Gasteiger partial charge < -0.3 is 24.7 Å². The van der Waals surface area contributed by atoms with Crippen molar-refractivity contribution in [1.29, 1.82) is 0 Å². The van der Waals surface area contributed by atoms with Crippen LogP contribution < -0.4 is 10.6 Å². The maximum atomic E-state index is 12.5. The Morgan fingerprint density at radius 2 is 1.85 bits per heavy atom. The topological polar surface area (TPSA) is 112 Å². The lowest BCUT2D eigenvalue weighted by Gasteiger charge is -2.23. The van der Waals surface area contributed by atoms with E-state index in [-0.39, 0.29) is 5.82 Å². The molecule has 0 saturated heterocycles. The van der Waals surface area contributed by atoms with Crippen molar-refractivity contribution in [2.75, 3.05) is 12.4 Å². The number of carbonyl (C=O) groups is 3. The Bertz CT molecular complexity index is 676. The van der Waals surface area contributed by atoms with Gasteiger partial charge in [0.2, 0.25) is 5.91 Å². The average molecular weight is 382 g/mol.